The van der Waals surface area contributed by atoms with Gasteiger partial charge in [0.1, 0.15) is 24.0 Å². The normalized spacial score (nSPS) is 42.1. The van der Waals surface area contributed by atoms with Gasteiger partial charge in [-0.2, -0.15) is 0 Å². The number of methoxy groups -OCH3 is 3. The first kappa shape index (κ1) is 45.5. The number of allylic oxidation sites excluding steroid dienone is 3. The van der Waals surface area contributed by atoms with Crippen molar-refractivity contribution in [2.45, 2.75) is 160 Å². The van der Waals surface area contributed by atoms with Crippen molar-refractivity contribution < 1.29 is 53.1 Å². The summed E-state index contributed by atoms with van der Waals surface area (Å²) in [6.07, 6.45) is 4.53. The highest BCUT2D eigenvalue weighted by atomic mass is 35.5. The molecule has 4 aliphatic rings. The molecule has 1 aliphatic carbocycles. The first-order valence-corrected chi connectivity index (χ1v) is 20.6. The standard InChI is InChI=1S/C42H66ClNO11/c1-23-16-24(2)18-35(52-8)38-36(53-9)20-27(5)42(50,55-38)39(47)40(48)44-15-11-10-12-31(44)41(49)54-37(28(6)33(46)22-32(45)25(3)17-23)26(4)19-29-13-14-30(43)34(21-29)51-7/h17,19,24-25,27-31,33-38,46,50H,10-16,18,20-22H2,1-9H3/b23-17-,26-19+/t24-,25+,27+,28+,29-,30-,31-,33-,34+,35-,36-,37+,38+,42+/m0/s1. The van der Waals surface area contributed by atoms with E-state index in [-0.39, 0.29) is 54.9 Å². The first-order chi connectivity index (χ1) is 25.9. The first-order valence-electron chi connectivity index (χ1n) is 20.2. The predicted molar refractivity (Wildman–Crippen MR) is 207 cm³/mol. The molecule has 4 rings (SSSR count). The Morgan fingerprint density at radius 1 is 0.927 bits per heavy atom. The highest BCUT2D eigenvalue weighted by Gasteiger charge is 2.56. The van der Waals surface area contributed by atoms with Crippen LogP contribution < -0.4 is 0 Å². The summed E-state index contributed by atoms with van der Waals surface area (Å²) in [7, 11) is 4.70. The number of nitrogens with zero attached hydrogens (tertiary/aromatic N) is 1. The molecule has 0 aromatic carbocycles. The SMILES string of the molecule is CO[C@H]1C[C@@H](C)C/C(C)=C\[C@@H](C)C(=O)C[C@H](O)[C@@H](C)[C@@H](/C(C)=C/[C@@H]2CC[C@H](Cl)[C@H](OC)C2)OC(=O)[C@@H]2CCCCN2C(=O)C(=O)[C@]2(O)O[C@H]1[C@@H](OC)C[C@H]2C. The third-order valence-electron chi connectivity index (χ3n) is 12.6. The van der Waals surface area contributed by atoms with Crippen LogP contribution in [0.2, 0.25) is 0 Å². The number of rotatable bonds is 5. The molecule has 13 heteroatoms. The second-order valence-corrected chi connectivity index (χ2v) is 17.4. The number of halogens is 1. The molecule has 312 valence electrons. The number of amides is 1. The van der Waals surface area contributed by atoms with Crippen LogP contribution in [0.25, 0.3) is 0 Å². The van der Waals surface area contributed by atoms with Gasteiger partial charge >= 0.3 is 5.97 Å². The van der Waals surface area contributed by atoms with Crippen molar-refractivity contribution >= 4 is 35.0 Å². The van der Waals surface area contributed by atoms with E-state index in [1.54, 1.807) is 21.0 Å². The number of aliphatic hydroxyl groups excluding tert-OH is 1. The second-order valence-electron chi connectivity index (χ2n) is 16.9. The maximum absolute atomic E-state index is 14.2. The minimum absolute atomic E-state index is 0.0422. The molecule has 0 spiro atoms. The molecule has 0 aromatic rings. The molecule has 2 bridgehead atoms. The average molecular weight is 796 g/mol. The zero-order valence-electron chi connectivity index (χ0n) is 34.3. The molecule has 3 fully saturated rings. The number of alkyl halides is 1. The summed E-state index contributed by atoms with van der Waals surface area (Å²) in [4.78, 5) is 57.4. The molecule has 0 radical (unpaired) electrons. The molecule has 0 aromatic heterocycles. The second kappa shape index (κ2) is 20.0. The van der Waals surface area contributed by atoms with Crippen molar-refractivity contribution in [1.29, 1.82) is 0 Å². The monoisotopic (exact) mass is 795 g/mol. The van der Waals surface area contributed by atoms with E-state index in [0.29, 0.717) is 37.7 Å². The Morgan fingerprint density at radius 2 is 1.58 bits per heavy atom. The van der Waals surface area contributed by atoms with Crippen LogP contribution in [0, 0.1) is 29.6 Å². The van der Waals surface area contributed by atoms with Crippen LogP contribution >= 0.6 is 11.6 Å². The van der Waals surface area contributed by atoms with Gasteiger partial charge in [-0.05, 0) is 89.0 Å². The number of carbonyl (C=O) groups excluding carboxylic acids is 4. The van der Waals surface area contributed by atoms with Crippen LogP contribution in [0.15, 0.2) is 23.3 Å². The number of carbonyl (C=O) groups is 4. The number of ketones is 2. The molecule has 55 heavy (non-hydrogen) atoms. The van der Waals surface area contributed by atoms with Crippen LogP contribution in [0.3, 0.4) is 0 Å². The Balaban J connectivity index is 1.75. The lowest BCUT2D eigenvalue weighted by Crippen LogP contribution is -2.64. The van der Waals surface area contributed by atoms with E-state index in [1.165, 1.54) is 19.1 Å². The molecule has 3 heterocycles. The molecule has 3 aliphatic heterocycles. The van der Waals surface area contributed by atoms with Crippen molar-refractivity contribution in [2.24, 2.45) is 29.6 Å². The molecular weight excluding hydrogens is 730 g/mol. The van der Waals surface area contributed by atoms with E-state index in [9.17, 15) is 29.4 Å². The summed E-state index contributed by atoms with van der Waals surface area (Å²) >= 11 is 6.51. The molecular formula is C42H66ClNO11. The number of esters is 1. The fourth-order valence-electron chi connectivity index (χ4n) is 9.13. The van der Waals surface area contributed by atoms with Gasteiger partial charge in [-0.25, -0.2) is 4.79 Å². The molecule has 1 amide bonds. The van der Waals surface area contributed by atoms with Crippen molar-refractivity contribution in [3.63, 3.8) is 0 Å². The Bertz CT molecular complexity index is 1420. The number of hydrogen-bond donors (Lipinski definition) is 2. The zero-order valence-corrected chi connectivity index (χ0v) is 35.1. The lowest BCUT2D eigenvalue weighted by Gasteiger charge is -2.47. The van der Waals surface area contributed by atoms with E-state index in [4.69, 9.17) is 35.3 Å². The average Bonchev–Trinajstić information content (AvgIpc) is 3.15. The van der Waals surface area contributed by atoms with Crippen LogP contribution in [0.4, 0.5) is 0 Å². The van der Waals surface area contributed by atoms with Crippen molar-refractivity contribution in [3.05, 3.63) is 23.3 Å². The van der Waals surface area contributed by atoms with Crippen LogP contribution in [-0.4, -0.2) is 120 Å². The van der Waals surface area contributed by atoms with E-state index in [0.717, 1.165) is 18.4 Å². The Labute approximate surface area is 332 Å². The number of aliphatic hydroxyl groups is 2. The van der Waals surface area contributed by atoms with Gasteiger partial charge < -0.3 is 38.8 Å². The molecule has 12 nitrogen and oxygen atoms in total. The fraction of sp³-hybridized carbons (Fsp3) is 0.810. The van der Waals surface area contributed by atoms with E-state index in [2.05, 4.69) is 0 Å². The number of Topliss-reactive ketones (excluding diaryl/α,β-unsaturated/α-hetero) is 2. The zero-order chi connectivity index (χ0) is 40.8. The van der Waals surface area contributed by atoms with E-state index >= 15 is 0 Å². The lowest BCUT2D eigenvalue weighted by molar-refractivity contribution is -0.302. The smallest absolute Gasteiger partial charge is 0.329 e. The minimum atomic E-state index is -2.49. The van der Waals surface area contributed by atoms with E-state index in [1.807, 2.05) is 39.8 Å². The third-order valence-corrected chi connectivity index (χ3v) is 13.0. The summed E-state index contributed by atoms with van der Waals surface area (Å²) in [5.74, 6) is -7.40. The van der Waals surface area contributed by atoms with Crippen LogP contribution in [-0.2, 0) is 42.9 Å². The third kappa shape index (κ3) is 10.9. The summed E-state index contributed by atoms with van der Waals surface area (Å²) in [5, 5.41) is 23.5. The van der Waals surface area contributed by atoms with Gasteiger partial charge in [0.25, 0.3) is 11.7 Å². The molecule has 2 saturated heterocycles. The van der Waals surface area contributed by atoms with Gasteiger partial charge in [-0.1, -0.05) is 45.4 Å². The van der Waals surface area contributed by atoms with Crippen LogP contribution in [0.5, 0.6) is 0 Å². The van der Waals surface area contributed by atoms with Gasteiger partial charge in [0.2, 0.25) is 5.79 Å². The summed E-state index contributed by atoms with van der Waals surface area (Å²) in [6.45, 7) is 11.2. The topological polar surface area (TPSA) is 158 Å². The Morgan fingerprint density at radius 3 is 2.24 bits per heavy atom. The number of ether oxygens (including phenoxy) is 5. The van der Waals surface area contributed by atoms with E-state index < -0.39 is 77.8 Å². The number of cyclic esters (lactones) is 1. The van der Waals surface area contributed by atoms with Crippen molar-refractivity contribution in [1.82, 2.24) is 4.90 Å². The van der Waals surface area contributed by atoms with Crippen molar-refractivity contribution in [2.75, 3.05) is 27.9 Å². The number of hydrogen-bond acceptors (Lipinski definition) is 11. The maximum Gasteiger partial charge on any atom is 0.329 e. The predicted octanol–water partition coefficient (Wildman–Crippen LogP) is 5.33. The van der Waals surface area contributed by atoms with Crippen molar-refractivity contribution in [3.8, 4) is 0 Å². The fourth-order valence-corrected chi connectivity index (χ4v) is 9.46. The Kier molecular flexibility index (Phi) is 16.5. The maximum atomic E-state index is 14.2. The van der Waals surface area contributed by atoms with Gasteiger partial charge in [0.05, 0.1) is 29.8 Å². The highest BCUT2D eigenvalue weighted by molar-refractivity contribution is 6.39. The summed E-state index contributed by atoms with van der Waals surface area (Å²) in [5.41, 5.74) is 1.69. The van der Waals surface area contributed by atoms with Gasteiger partial charge in [0, 0.05) is 52.0 Å². The highest BCUT2D eigenvalue weighted by Crippen LogP contribution is 2.39. The van der Waals surface area contributed by atoms with Gasteiger partial charge in [-0.3, -0.25) is 14.4 Å². The number of fused-ring (bicyclic) bond motifs is 3. The van der Waals surface area contributed by atoms with Crippen LogP contribution in [0.1, 0.15) is 106 Å². The number of piperidine rings is 1. The molecule has 2 N–H and O–H groups in total. The Hall–Kier alpha value is -2.19. The largest absolute Gasteiger partial charge is 0.456 e. The molecule has 14 atom stereocenters. The minimum Gasteiger partial charge on any atom is -0.456 e. The van der Waals surface area contributed by atoms with Gasteiger partial charge in [-0.15, -0.1) is 11.6 Å². The van der Waals surface area contributed by atoms with Gasteiger partial charge in [0.15, 0.2) is 0 Å². The summed E-state index contributed by atoms with van der Waals surface area (Å²) < 4.78 is 29.8. The summed E-state index contributed by atoms with van der Waals surface area (Å²) in [6, 6.07) is -1.11. The lowest BCUT2D eigenvalue weighted by atomic mass is 9.82. The quantitative estimate of drug-likeness (QED) is 0.161. The molecule has 1 saturated carbocycles. The molecule has 0 unspecified atom stereocenters.